The highest BCUT2D eigenvalue weighted by Gasteiger charge is 2.37. The van der Waals surface area contributed by atoms with Gasteiger partial charge in [-0.3, -0.25) is 10.1 Å². The van der Waals surface area contributed by atoms with Crippen LogP contribution in [-0.4, -0.2) is 52.4 Å². The number of aliphatic hydroxyl groups is 1. The first-order valence-corrected chi connectivity index (χ1v) is 12.9. The number of aliphatic hydroxyl groups excluding tert-OH is 1. The van der Waals surface area contributed by atoms with E-state index in [0.29, 0.717) is 40.5 Å². The summed E-state index contributed by atoms with van der Waals surface area (Å²) in [5, 5.41) is 22.3. The van der Waals surface area contributed by atoms with Crippen molar-refractivity contribution in [3.8, 4) is 10.4 Å². The Morgan fingerprint density at radius 1 is 1.34 bits per heavy atom. The van der Waals surface area contributed by atoms with Crippen molar-refractivity contribution in [1.29, 1.82) is 0 Å². The lowest BCUT2D eigenvalue weighted by Gasteiger charge is -2.28. The monoisotopic (exact) mass is 498 g/mol. The van der Waals surface area contributed by atoms with Crippen LogP contribution in [0.3, 0.4) is 0 Å². The summed E-state index contributed by atoms with van der Waals surface area (Å²) < 4.78 is 7.19. The highest BCUT2D eigenvalue weighted by molar-refractivity contribution is 7.20. The summed E-state index contributed by atoms with van der Waals surface area (Å²) in [7, 11) is 1.23. The Morgan fingerprint density at radius 3 is 2.86 bits per heavy atom. The Morgan fingerprint density at radius 2 is 2.17 bits per heavy atom. The van der Waals surface area contributed by atoms with Gasteiger partial charge in [-0.1, -0.05) is 25.8 Å². The number of carbonyl (C=O) groups excluding carboxylic acids is 1. The zero-order valence-corrected chi connectivity index (χ0v) is 20.8. The van der Waals surface area contributed by atoms with Gasteiger partial charge in [-0.2, -0.15) is 0 Å². The van der Waals surface area contributed by atoms with E-state index in [2.05, 4.69) is 16.5 Å². The number of imidazole rings is 1. The number of hydrogen-bond acceptors (Lipinski definition) is 8. The van der Waals surface area contributed by atoms with E-state index in [1.54, 1.807) is 0 Å². The number of thiophene rings is 1. The largest absolute Gasteiger partial charge is 0.465 e. The van der Waals surface area contributed by atoms with Gasteiger partial charge < -0.3 is 19.3 Å². The molecule has 10 heteroatoms. The van der Waals surface area contributed by atoms with Crippen molar-refractivity contribution in [2.75, 3.05) is 31.7 Å². The molecule has 3 aromatic rings. The summed E-state index contributed by atoms with van der Waals surface area (Å²) in [6.07, 6.45) is 7.37. The molecule has 1 aromatic carbocycles. The Balaban J connectivity index is 1.59. The highest BCUT2D eigenvalue weighted by atomic mass is 32.1. The third-order valence-electron chi connectivity index (χ3n) is 7.41. The predicted octanol–water partition coefficient (Wildman–Crippen LogP) is 5.03. The number of carbonyl (C=O) groups is 1. The molecule has 3 atom stereocenters. The quantitative estimate of drug-likeness (QED) is 0.288. The fraction of sp³-hybridized carbons (Fsp3) is 0.520. The fourth-order valence-electron chi connectivity index (χ4n) is 5.57. The van der Waals surface area contributed by atoms with Crippen molar-refractivity contribution >= 4 is 39.0 Å². The molecule has 186 valence electrons. The molecule has 35 heavy (non-hydrogen) atoms. The third-order valence-corrected chi connectivity index (χ3v) is 8.70. The maximum Gasteiger partial charge on any atom is 0.347 e. The number of anilines is 1. The first-order valence-electron chi connectivity index (χ1n) is 12.1. The number of methoxy groups -OCH3 is 1. The van der Waals surface area contributed by atoms with Gasteiger partial charge in [0.25, 0.3) is 0 Å². The molecule has 2 fully saturated rings. The number of rotatable bonds is 6. The van der Waals surface area contributed by atoms with Crippen LogP contribution in [0, 0.1) is 22.0 Å². The van der Waals surface area contributed by atoms with Crippen LogP contribution < -0.4 is 4.90 Å². The SMILES string of the molecule is COC(=O)c1c(N2CCC(CO)C2)sc(-c2ccc3c(c2)ncn3C2CCCC(C)C2)c1[N+](=O)[O-]. The zero-order valence-electron chi connectivity index (χ0n) is 20.0. The van der Waals surface area contributed by atoms with Gasteiger partial charge in [-0.15, -0.1) is 11.3 Å². The minimum atomic E-state index is -0.724. The third kappa shape index (κ3) is 4.29. The second kappa shape index (κ2) is 9.58. The van der Waals surface area contributed by atoms with E-state index in [9.17, 15) is 20.0 Å². The molecule has 9 nitrogen and oxygen atoms in total. The molecule has 2 aliphatic rings. The van der Waals surface area contributed by atoms with E-state index in [1.165, 1.54) is 31.3 Å². The highest BCUT2D eigenvalue weighted by Crippen LogP contribution is 2.49. The minimum Gasteiger partial charge on any atom is -0.465 e. The van der Waals surface area contributed by atoms with Crippen LogP contribution in [0.1, 0.15) is 55.4 Å². The maximum absolute atomic E-state index is 12.7. The standard InChI is InChI=1S/C25H30N4O5S/c1-15-4-3-5-18(10-15)28-14-26-19-11-17(6-7-20(19)28)23-22(29(32)33)21(25(31)34-2)24(35-23)27-9-8-16(12-27)13-30/h6-7,11,14-16,18,30H,3-5,8-10,12-13H2,1-2H3. The maximum atomic E-state index is 12.7. The number of fused-ring (bicyclic) bond motifs is 1. The van der Waals surface area contributed by atoms with Gasteiger partial charge in [0.05, 0.1) is 29.4 Å². The van der Waals surface area contributed by atoms with E-state index in [4.69, 9.17) is 4.74 Å². The van der Waals surface area contributed by atoms with Crippen LogP contribution in [0.25, 0.3) is 21.5 Å². The van der Waals surface area contributed by atoms with Gasteiger partial charge >= 0.3 is 11.7 Å². The normalized spacial score (nSPS) is 22.6. The number of nitrogens with zero attached hydrogens (tertiary/aromatic N) is 4. The summed E-state index contributed by atoms with van der Waals surface area (Å²) in [6.45, 7) is 3.50. The van der Waals surface area contributed by atoms with Gasteiger partial charge in [0.15, 0.2) is 5.56 Å². The van der Waals surface area contributed by atoms with Crippen LogP contribution in [0.5, 0.6) is 0 Å². The van der Waals surface area contributed by atoms with Gasteiger partial charge in [0, 0.05) is 37.2 Å². The van der Waals surface area contributed by atoms with Gasteiger partial charge in [0.1, 0.15) is 9.88 Å². The van der Waals surface area contributed by atoms with Gasteiger partial charge in [-0.25, -0.2) is 9.78 Å². The smallest absolute Gasteiger partial charge is 0.347 e. The molecule has 0 spiro atoms. The number of hydrogen-bond donors (Lipinski definition) is 1. The van der Waals surface area contributed by atoms with Crippen LogP contribution in [0.2, 0.25) is 0 Å². The topological polar surface area (TPSA) is 111 Å². The first-order chi connectivity index (χ1) is 16.9. The molecule has 1 aliphatic heterocycles. The summed E-state index contributed by atoms with van der Waals surface area (Å²) in [5.41, 5.74) is 2.21. The summed E-state index contributed by atoms with van der Waals surface area (Å²) in [5.74, 6) is 0.0387. The lowest BCUT2D eigenvalue weighted by atomic mass is 9.87. The van der Waals surface area contributed by atoms with Crippen LogP contribution in [0.15, 0.2) is 24.5 Å². The molecular weight excluding hydrogens is 468 g/mol. The lowest BCUT2D eigenvalue weighted by Crippen LogP contribution is -2.22. The summed E-state index contributed by atoms with van der Waals surface area (Å²) in [6, 6.07) is 6.16. The Hall–Kier alpha value is -2.98. The number of aromatic nitrogens is 2. The van der Waals surface area contributed by atoms with Crippen LogP contribution >= 0.6 is 11.3 Å². The average molecular weight is 499 g/mol. The van der Waals surface area contributed by atoms with Gasteiger partial charge in [-0.05, 0) is 37.3 Å². The van der Waals surface area contributed by atoms with E-state index < -0.39 is 10.9 Å². The van der Waals surface area contributed by atoms with Crippen molar-refractivity contribution in [2.24, 2.45) is 11.8 Å². The summed E-state index contributed by atoms with van der Waals surface area (Å²) in [4.78, 5) is 31.4. The predicted molar refractivity (Wildman–Crippen MR) is 135 cm³/mol. The molecule has 0 amide bonds. The molecule has 3 unspecified atom stereocenters. The number of esters is 1. The Kier molecular flexibility index (Phi) is 6.50. The van der Waals surface area contributed by atoms with Crippen LogP contribution in [-0.2, 0) is 4.74 Å². The molecule has 2 aromatic heterocycles. The Bertz CT molecular complexity index is 1270. The van der Waals surface area contributed by atoms with Crippen molar-refractivity contribution in [3.63, 3.8) is 0 Å². The van der Waals surface area contributed by atoms with E-state index in [-0.39, 0.29) is 23.8 Å². The second-order valence-electron chi connectivity index (χ2n) is 9.77. The molecule has 0 bridgehead atoms. The number of ether oxygens (including phenoxy) is 1. The summed E-state index contributed by atoms with van der Waals surface area (Å²) >= 11 is 1.23. The fourth-order valence-corrected chi connectivity index (χ4v) is 6.86. The Labute approximate surface area is 207 Å². The van der Waals surface area contributed by atoms with Crippen molar-refractivity contribution in [3.05, 3.63) is 40.2 Å². The van der Waals surface area contributed by atoms with Crippen molar-refractivity contribution < 1.29 is 19.6 Å². The van der Waals surface area contributed by atoms with Crippen molar-refractivity contribution in [1.82, 2.24) is 9.55 Å². The van der Waals surface area contributed by atoms with E-state index in [0.717, 1.165) is 30.3 Å². The van der Waals surface area contributed by atoms with Crippen molar-refractivity contribution in [2.45, 2.75) is 45.1 Å². The molecule has 1 saturated carbocycles. The number of benzene rings is 1. The van der Waals surface area contributed by atoms with E-state index in [1.807, 2.05) is 29.4 Å². The molecule has 1 N–H and O–H groups in total. The van der Waals surface area contributed by atoms with E-state index >= 15 is 0 Å². The zero-order chi connectivity index (χ0) is 24.7. The second-order valence-corrected chi connectivity index (χ2v) is 10.8. The molecular formula is C25H30N4O5S. The average Bonchev–Trinajstić information content (AvgIpc) is 3.59. The first kappa shape index (κ1) is 23.7. The minimum absolute atomic E-state index is 0.0158. The lowest BCUT2D eigenvalue weighted by molar-refractivity contribution is -0.384. The van der Waals surface area contributed by atoms with Gasteiger partial charge in [0.2, 0.25) is 0 Å². The molecule has 5 rings (SSSR count). The molecule has 1 saturated heterocycles. The van der Waals surface area contributed by atoms with Crippen LogP contribution in [0.4, 0.5) is 10.7 Å². The number of nitro groups is 1. The molecule has 0 radical (unpaired) electrons. The molecule has 3 heterocycles. The molecule has 1 aliphatic carbocycles.